The Morgan fingerprint density at radius 1 is 0.690 bits per heavy atom. The van der Waals surface area contributed by atoms with Gasteiger partial charge in [-0.2, -0.15) is 0 Å². The average Bonchev–Trinajstić information content (AvgIpc) is 3.31. The molecule has 0 radical (unpaired) electrons. The first kappa shape index (κ1) is 29.8. The van der Waals surface area contributed by atoms with Gasteiger partial charge < -0.3 is 19.2 Å². The van der Waals surface area contributed by atoms with Crippen LogP contribution in [-0.2, 0) is 15.4 Å². The summed E-state index contributed by atoms with van der Waals surface area (Å²) in [6.45, 7) is 13.9. The van der Waals surface area contributed by atoms with Crippen molar-refractivity contribution in [1.29, 1.82) is 0 Å². The smallest absolute Gasteiger partial charge is 0.274 e. The number of methoxy groups -OCH3 is 1. The molecule has 0 amide bonds. The monoisotopic (exact) mass is 582 g/mol. The molecule has 1 saturated heterocycles. The Labute approximate surface area is 251 Å². The predicted molar refractivity (Wildman–Crippen MR) is 176 cm³/mol. The lowest BCUT2D eigenvalue weighted by Gasteiger charge is -2.39. The minimum atomic E-state index is -3.43. The van der Waals surface area contributed by atoms with Gasteiger partial charge in [-0.3, -0.25) is 4.57 Å². The van der Waals surface area contributed by atoms with Gasteiger partial charge in [-0.05, 0) is 69.5 Å². The molecule has 1 aliphatic heterocycles. The van der Waals surface area contributed by atoms with Gasteiger partial charge in [0.2, 0.25) is 0 Å². The molecule has 1 unspecified atom stereocenters. The minimum absolute atomic E-state index is 0.316. The number of hydrogen-bond acceptors (Lipinski definition) is 3. The minimum Gasteiger partial charge on any atom is -0.507 e. The van der Waals surface area contributed by atoms with Gasteiger partial charge in [0.1, 0.15) is 11.5 Å². The van der Waals surface area contributed by atoms with E-state index in [2.05, 4.69) is 63.0 Å². The molecule has 220 valence electrons. The lowest BCUT2D eigenvalue weighted by molar-refractivity contribution is 0.414. The summed E-state index contributed by atoms with van der Waals surface area (Å²) in [5.41, 5.74) is 4.29. The molecule has 1 heterocycles. The van der Waals surface area contributed by atoms with Crippen molar-refractivity contribution in [2.45, 2.75) is 58.0 Å². The molecule has 6 heteroatoms. The highest BCUT2D eigenvalue weighted by molar-refractivity contribution is 7.68. The van der Waals surface area contributed by atoms with E-state index in [0.717, 1.165) is 39.4 Å². The van der Waals surface area contributed by atoms with E-state index in [9.17, 15) is 5.11 Å². The van der Waals surface area contributed by atoms with Crippen LogP contribution in [0.5, 0.6) is 11.5 Å². The molecule has 0 aromatic heterocycles. The molecule has 0 bridgehead atoms. The Hall–Kier alpha value is -3.69. The van der Waals surface area contributed by atoms with E-state index in [1.54, 1.807) is 7.11 Å². The lowest BCUT2D eigenvalue weighted by atomic mass is 9.78. The first-order chi connectivity index (χ1) is 19.9. The van der Waals surface area contributed by atoms with Crippen molar-refractivity contribution in [2.75, 3.05) is 29.5 Å². The van der Waals surface area contributed by atoms with Gasteiger partial charge in [0.05, 0.1) is 12.8 Å². The van der Waals surface area contributed by atoms with Crippen molar-refractivity contribution in [3.05, 3.63) is 119 Å². The van der Waals surface area contributed by atoms with Gasteiger partial charge >= 0.3 is 0 Å². The van der Waals surface area contributed by atoms with Gasteiger partial charge in [0, 0.05) is 24.5 Å². The zero-order valence-corrected chi connectivity index (χ0v) is 26.7. The molecule has 1 fully saturated rings. The van der Waals surface area contributed by atoms with Crippen LogP contribution < -0.4 is 14.1 Å². The zero-order chi connectivity index (χ0) is 30.3. The predicted octanol–water partition coefficient (Wildman–Crippen LogP) is 9.31. The average molecular weight is 583 g/mol. The van der Waals surface area contributed by atoms with Crippen LogP contribution in [0.1, 0.15) is 69.5 Å². The molecule has 1 aliphatic rings. The summed E-state index contributed by atoms with van der Waals surface area (Å²) in [4.78, 5) is 0. The summed E-state index contributed by atoms with van der Waals surface area (Å²) in [6, 6.07) is 32.3. The van der Waals surface area contributed by atoms with E-state index >= 15 is 4.57 Å². The van der Waals surface area contributed by atoms with E-state index in [-0.39, 0.29) is 10.8 Å². The number of rotatable bonds is 6. The van der Waals surface area contributed by atoms with E-state index < -0.39 is 13.1 Å². The molecular formula is C36H43N2O3P. The quantitative estimate of drug-likeness (QED) is 0.230. The van der Waals surface area contributed by atoms with Crippen molar-refractivity contribution in [3.8, 4) is 11.5 Å². The fourth-order valence-corrected chi connectivity index (χ4v) is 9.60. The van der Waals surface area contributed by atoms with Gasteiger partial charge in [-0.15, -0.1) is 0 Å². The molecule has 0 saturated carbocycles. The molecule has 5 rings (SSSR count). The second-order valence-electron chi connectivity index (χ2n) is 13.1. The third kappa shape index (κ3) is 5.43. The van der Waals surface area contributed by atoms with Crippen molar-refractivity contribution >= 4 is 18.8 Å². The number of para-hydroxylation sites is 2. The number of nitrogens with zero attached hydrogens (tertiary/aromatic N) is 2. The number of aromatic hydroxyl groups is 1. The highest BCUT2D eigenvalue weighted by Gasteiger charge is 2.51. The van der Waals surface area contributed by atoms with Gasteiger partial charge in [-0.25, -0.2) is 0 Å². The molecule has 0 aliphatic carbocycles. The largest absolute Gasteiger partial charge is 0.507 e. The van der Waals surface area contributed by atoms with Crippen LogP contribution in [0.2, 0.25) is 0 Å². The van der Waals surface area contributed by atoms with Crippen molar-refractivity contribution in [2.24, 2.45) is 0 Å². The molecule has 1 N–H and O–H groups in total. The van der Waals surface area contributed by atoms with Crippen LogP contribution in [0.25, 0.3) is 0 Å². The molecule has 4 aromatic rings. The van der Waals surface area contributed by atoms with Gasteiger partial charge in [-0.1, -0.05) is 102 Å². The summed E-state index contributed by atoms with van der Waals surface area (Å²) in [5, 5.41) is 11.6. The van der Waals surface area contributed by atoms with Gasteiger partial charge in [0.25, 0.3) is 7.44 Å². The van der Waals surface area contributed by atoms with Crippen LogP contribution in [0, 0.1) is 0 Å². The number of anilines is 2. The number of phenolic OH excluding ortho intramolecular Hbond substituents is 1. The summed E-state index contributed by atoms with van der Waals surface area (Å²) < 4.78 is 26.0. The number of ether oxygens (including phenoxy) is 1. The fourth-order valence-electron chi connectivity index (χ4n) is 6.00. The second-order valence-corrected chi connectivity index (χ2v) is 15.8. The Balaban J connectivity index is 1.86. The highest BCUT2D eigenvalue weighted by atomic mass is 31.2. The Bertz CT molecular complexity index is 1490. The number of phenols is 1. The van der Waals surface area contributed by atoms with Crippen LogP contribution in [-0.4, -0.2) is 25.3 Å². The third-order valence-corrected chi connectivity index (χ3v) is 11.7. The molecule has 4 aromatic carbocycles. The topological polar surface area (TPSA) is 53.0 Å². The normalized spacial score (nSPS) is 16.0. The van der Waals surface area contributed by atoms with Crippen molar-refractivity contribution in [1.82, 2.24) is 0 Å². The van der Waals surface area contributed by atoms with Crippen LogP contribution in [0.15, 0.2) is 97.1 Å². The highest BCUT2D eigenvalue weighted by Crippen LogP contribution is 2.71. The molecule has 0 spiro atoms. The van der Waals surface area contributed by atoms with Crippen LogP contribution >= 0.6 is 7.44 Å². The fraction of sp³-hybridized carbons (Fsp3) is 0.333. The molecular weight excluding hydrogens is 539 g/mol. The summed E-state index contributed by atoms with van der Waals surface area (Å²) >= 11 is 0. The van der Waals surface area contributed by atoms with Gasteiger partial charge in [0.15, 0.2) is 0 Å². The Morgan fingerprint density at radius 3 is 1.50 bits per heavy atom. The maximum Gasteiger partial charge on any atom is 0.274 e. The number of hydrogen-bond donors (Lipinski definition) is 1. The third-order valence-electron chi connectivity index (χ3n) is 8.16. The molecule has 1 atom stereocenters. The summed E-state index contributed by atoms with van der Waals surface area (Å²) in [5.74, 6) is 1.07. The van der Waals surface area contributed by atoms with E-state index in [1.165, 1.54) is 0 Å². The maximum absolute atomic E-state index is 16.3. The second kappa shape index (κ2) is 11.2. The zero-order valence-electron chi connectivity index (χ0n) is 25.8. The van der Waals surface area contributed by atoms with Crippen molar-refractivity contribution in [3.63, 3.8) is 0 Å². The summed E-state index contributed by atoms with van der Waals surface area (Å²) in [7, 11) is -1.77. The SMILES string of the molecule is COc1ccc(C(c2cc(C(C)(C)C)c(O)c(C(C)(C)C)c2)P2(=O)N(c3ccccc3)CCN2c2ccccc2)cc1. The van der Waals surface area contributed by atoms with Crippen LogP contribution in [0.4, 0.5) is 11.4 Å². The Morgan fingerprint density at radius 2 is 1.12 bits per heavy atom. The Kier molecular flexibility index (Phi) is 7.94. The van der Waals surface area contributed by atoms with E-state index in [1.807, 2.05) is 84.9 Å². The van der Waals surface area contributed by atoms with E-state index in [0.29, 0.717) is 18.8 Å². The van der Waals surface area contributed by atoms with E-state index in [4.69, 9.17) is 4.74 Å². The van der Waals surface area contributed by atoms with Crippen LogP contribution in [0.3, 0.4) is 0 Å². The number of benzene rings is 4. The first-order valence-corrected chi connectivity index (χ1v) is 16.3. The summed E-state index contributed by atoms with van der Waals surface area (Å²) in [6.07, 6.45) is 0. The first-order valence-electron chi connectivity index (χ1n) is 14.6. The van der Waals surface area contributed by atoms with Crippen molar-refractivity contribution < 1.29 is 14.4 Å². The lowest BCUT2D eigenvalue weighted by Crippen LogP contribution is -2.26. The standard InChI is InChI=1S/C36H43N2O3P/c1-35(2,3)31-24-27(25-32(33(31)39)36(4,5)6)34(26-18-20-30(41-7)21-19-26)42(40)37(28-14-10-8-11-15-28)22-23-38(42)29-16-12-9-13-17-29/h8-21,24-25,34,39H,22-23H2,1-7H3. The molecule has 42 heavy (non-hydrogen) atoms. The maximum atomic E-state index is 16.3. The molecule has 5 nitrogen and oxygen atoms in total.